The van der Waals surface area contributed by atoms with Crippen molar-refractivity contribution in [2.45, 2.75) is 36.6 Å². The van der Waals surface area contributed by atoms with Gasteiger partial charge in [-0.15, -0.1) is 10.2 Å². The summed E-state index contributed by atoms with van der Waals surface area (Å²) in [6.45, 7) is 3.12. The summed E-state index contributed by atoms with van der Waals surface area (Å²) >= 11 is 2.57. The van der Waals surface area contributed by atoms with Crippen molar-refractivity contribution in [1.29, 1.82) is 0 Å². The molecule has 2 rings (SSSR count). The first-order valence-corrected chi connectivity index (χ1v) is 8.62. The summed E-state index contributed by atoms with van der Waals surface area (Å²) in [6.07, 6.45) is 2.61. The van der Waals surface area contributed by atoms with Crippen LogP contribution < -0.4 is 10.6 Å². The zero-order chi connectivity index (χ0) is 15.1. The van der Waals surface area contributed by atoms with Crippen molar-refractivity contribution in [3.63, 3.8) is 0 Å². The molecule has 2 heterocycles. The van der Waals surface area contributed by atoms with E-state index in [0.717, 1.165) is 19.4 Å². The highest BCUT2D eigenvalue weighted by molar-refractivity contribution is 8.01. The van der Waals surface area contributed by atoms with E-state index in [-0.39, 0.29) is 23.7 Å². The Morgan fingerprint density at radius 3 is 3.00 bits per heavy atom. The number of thioether (sulfide) groups is 1. The number of aromatic nitrogens is 2. The predicted molar refractivity (Wildman–Crippen MR) is 81.5 cm³/mol. The van der Waals surface area contributed by atoms with Crippen LogP contribution in [0.3, 0.4) is 0 Å². The second-order valence-corrected chi connectivity index (χ2v) is 6.70. The monoisotopic (exact) mass is 330 g/mol. The van der Waals surface area contributed by atoms with Gasteiger partial charge in [-0.3, -0.25) is 9.59 Å². The first-order valence-electron chi connectivity index (χ1n) is 6.82. The van der Waals surface area contributed by atoms with Gasteiger partial charge in [0.1, 0.15) is 0 Å². The molecule has 0 bridgehead atoms. The smallest absolute Gasteiger partial charge is 0.230 e. The lowest BCUT2D eigenvalue weighted by molar-refractivity contribution is -0.119. The zero-order valence-electron chi connectivity index (χ0n) is 11.8. The van der Waals surface area contributed by atoms with Crippen molar-refractivity contribution in [3.8, 4) is 0 Å². The lowest BCUT2D eigenvalue weighted by Crippen LogP contribution is -2.32. The van der Waals surface area contributed by atoms with Crippen LogP contribution in [0, 0.1) is 0 Å². The van der Waals surface area contributed by atoms with Gasteiger partial charge in [-0.05, 0) is 12.8 Å². The van der Waals surface area contributed by atoms with Crippen LogP contribution in [0.15, 0.2) is 4.34 Å². The highest BCUT2D eigenvalue weighted by Gasteiger charge is 2.16. The normalized spacial score (nSPS) is 17.7. The number of nitrogens with zero attached hydrogens (tertiary/aromatic N) is 2. The van der Waals surface area contributed by atoms with Crippen molar-refractivity contribution in [1.82, 2.24) is 15.5 Å². The van der Waals surface area contributed by atoms with Crippen molar-refractivity contribution in [3.05, 3.63) is 0 Å². The van der Waals surface area contributed by atoms with Crippen LogP contribution in [0.5, 0.6) is 0 Å². The molecule has 1 saturated heterocycles. The van der Waals surface area contributed by atoms with Gasteiger partial charge in [0.25, 0.3) is 0 Å². The molecule has 0 spiro atoms. The van der Waals surface area contributed by atoms with Crippen molar-refractivity contribution in [2.24, 2.45) is 0 Å². The molecule has 0 aliphatic carbocycles. The summed E-state index contributed by atoms with van der Waals surface area (Å²) in [5.41, 5.74) is 0. The van der Waals surface area contributed by atoms with Crippen LogP contribution in [0.4, 0.5) is 5.13 Å². The summed E-state index contributed by atoms with van der Waals surface area (Å²) in [4.78, 5) is 22.9. The Hall–Kier alpha value is -1.19. The zero-order valence-corrected chi connectivity index (χ0v) is 13.4. The molecule has 1 aromatic rings. The predicted octanol–water partition coefficient (Wildman–Crippen LogP) is 1.27. The van der Waals surface area contributed by atoms with Crippen LogP contribution in [0.1, 0.15) is 26.2 Å². The molecule has 1 aliphatic rings. The van der Waals surface area contributed by atoms with Gasteiger partial charge in [0, 0.05) is 19.6 Å². The van der Waals surface area contributed by atoms with E-state index in [9.17, 15) is 9.59 Å². The van der Waals surface area contributed by atoms with Crippen LogP contribution in [-0.4, -0.2) is 47.0 Å². The van der Waals surface area contributed by atoms with Gasteiger partial charge in [0.2, 0.25) is 16.9 Å². The van der Waals surface area contributed by atoms with E-state index in [0.29, 0.717) is 22.4 Å². The number of carbonyl (C=O) groups is 2. The Bertz CT molecular complexity index is 489. The van der Waals surface area contributed by atoms with E-state index in [1.807, 2.05) is 0 Å². The number of amides is 2. The standard InChI is InChI=1S/C12H18N4O3S2/c1-2-9(17)14-11-15-16-12(21-11)20-7-10(18)13-6-8-4-3-5-19-8/h8H,2-7H2,1H3,(H,13,18)(H,14,15,17)/t8-/m1/s1. The van der Waals surface area contributed by atoms with Crippen LogP contribution in [0.2, 0.25) is 0 Å². The Morgan fingerprint density at radius 2 is 2.29 bits per heavy atom. The fraction of sp³-hybridized carbons (Fsp3) is 0.667. The van der Waals surface area contributed by atoms with Gasteiger partial charge in [-0.2, -0.15) is 0 Å². The maximum Gasteiger partial charge on any atom is 0.230 e. The van der Waals surface area contributed by atoms with Crippen molar-refractivity contribution >= 4 is 40.0 Å². The molecule has 0 unspecified atom stereocenters. The first kappa shape index (κ1) is 16.2. The second kappa shape index (κ2) is 8.30. The van der Waals surface area contributed by atoms with Gasteiger partial charge >= 0.3 is 0 Å². The molecule has 0 aromatic carbocycles. The summed E-state index contributed by atoms with van der Waals surface area (Å²) in [5, 5.41) is 13.7. The highest BCUT2D eigenvalue weighted by atomic mass is 32.2. The van der Waals surface area contributed by atoms with Crippen LogP contribution in [-0.2, 0) is 14.3 Å². The van der Waals surface area contributed by atoms with Crippen molar-refractivity contribution < 1.29 is 14.3 Å². The molecule has 1 aromatic heterocycles. The van der Waals surface area contributed by atoms with Gasteiger partial charge in [-0.25, -0.2) is 0 Å². The topological polar surface area (TPSA) is 93.2 Å². The lowest BCUT2D eigenvalue weighted by Gasteiger charge is -2.09. The van der Waals surface area contributed by atoms with Gasteiger partial charge in [0.15, 0.2) is 4.34 Å². The minimum absolute atomic E-state index is 0.0511. The molecule has 9 heteroatoms. The molecular weight excluding hydrogens is 312 g/mol. The molecule has 1 fully saturated rings. The summed E-state index contributed by atoms with van der Waals surface area (Å²) in [7, 11) is 0. The number of carbonyl (C=O) groups excluding carboxylic acids is 2. The number of anilines is 1. The third kappa shape index (κ3) is 5.60. The van der Waals surface area contributed by atoms with E-state index in [1.54, 1.807) is 6.92 Å². The Morgan fingerprint density at radius 1 is 1.43 bits per heavy atom. The Kier molecular flexibility index (Phi) is 6.40. The Labute approximate surface area is 131 Å². The number of hydrogen-bond acceptors (Lipinski definition) is 7. The second-order valence-electron chi connectivity index (χ2n) is 4.50. The van der Waals surface area contributed by atoms with Crippen LogP contribution >= 0.6 is 23.1 Å². The Balaban J connectivity index is 1.67. The lowest BCUT2D eigenvalue weighted by atomic mass is 10.2. The molecule has 2 amide bonds. The summed E-state index contributed by atoms with van der Waals surface area (Å²) in [6, 6.07) is 0. The molecule has 0 radical (unpaired) electrons. The largest absolute Gasteiger partial charge is 0.376 e. The van der Waals surface area contributed by atoms with E-state index >= 15 is 0 Å². The maximum absolute atomic E-state index is 11.7. The number of nitrogens with one attached hydrogen (secondary N) is 2. The minimum atomic E-state index is -0.1000. The highest BCUT2D eigenvalue weighted by Crippen LogP contribution is 2.25. The fourth-order valence-electron chi connectivity index (χ4n) is 1.74. The van der Waals surface area contributed by atoms with Gasteiger partial charge in [0.05, 0.1) is 11.9 Å². The summed E-state index contributed by atoms with van der Waals surface area (Å²) in [5.74, 6) is 0.130. The molecule has 2 N–H and O–H groups in total. The quantitative estimate of drug-likeness (QED) is 0.578. The molecule has 1 atom stereocenters. The third-order valence-electron chi connectivity index (χ3n) is 2.85. The van der Waals surface area contributed by atoms with Crippen molar-refractivity contribution in [2.75, 3.05) is 24.2 Å². The van der Waals surface area contributed by atoms with Gasteiger partial charge in [-0.1, -0.05) is 30.0 Å². The average molecular weight is 330 g/mol. The van der Waals surface area contributed by atoms with E-state index < -0.39 is 0 Å². The van der Waals surface area contributed by atoms with E-state index in [1.165, 1.54) is 23.1 Å². The van der Waals surface area contributed by atoms with E-state index in [2.05, 4.69) is 20.8 Å². The molecular formula is C12H18N4O3S2. The average Bonchev–Trinajstić information content (AvgIpc) is 3.14. The fourth-order valence-corrected chi connectivity index (χ4v) is 3.34. The SMILES string of the molecule is CCC(=O)Nc1nnc(SCC(=O)NC[C@H]2CCCO2)s1. The molecule has 7 nitrogen and oxygen atoms in total. The van der Waals surface area contributed by atoms with Gasteiger partial charge < -0.3 is 15.4 Å². The molecule has 1 aliphatic heterocycles. The number of hydrogen-bond donors (Lipinski definition) is 2. The molecule has 0 saturated carbocycles. The van der Waals surface area contributed by atoms with Crippen LogP contribution in [0.25, 0.3) is 0 Å². The first-order chi connectivity index (χ1) is 10.2. The number of ether oxygens (including phenoxy) is 1. The maximum atomic E-state index is 11.7. The summed E-state index contributed by atoms with van der Waals surface area (Å²) < 4.78 is 6.10. The molecule has 116 valence electrons. The minimum Gasteiger partial charge on any atom is -0.376 e. The molecule has 21 heavy (non-hydrogen) atoms. The third-order valence-corrected chi connectivity index (χ3v) is 4.82. The number of rotatable bonds is 7. The van der Waals surface area contributed by atoms with E-state index in [4.69, 9.17) is 4.74 Å².